The van der Waals surface area contributed by atoms with E-state index in [1.807, 2.05) is 36.4 Å². The molecule has 1 aliphatic heterocycles. The highest BCUT2D eigenvalue weighted by Gasteiger charge is 2.34. The number of nitrogens with zero attached hydrogens (tertiary/aromatic N) is 2. The summed E-state index contributed by atoms with van der Waals surface area (Å²) < 4.78 is 10.6. The Morgan fingerprint density at radius 2 is 1.67 bits per heavy atom. The Morgan fingerprint density at radius 1 is 0.963 bits per heavy atom. The van der Waals surface area contributed by atoms with Crippen molar-refractivity contribution in [1.82, 2.24) is 9.88 Å². The van der Waals surface area contributed by atoms with Crippen LogP contribution in [0.15, 0.2) is 60.7 Å². The van der Waals surface area contributed by atoms with Crippen LogP contribution in [0.25, 0.3) is 10.9 Å². The first-order valence-corrected chi connectivity index (χ1v) is 8.65. The van der Waals surface area contributed by atoms with E-state index >= 15 is 0 Å². The summed E-state index contributed by atoms with van der Waals surface area (Å²) in [4.78, 5) is 30.7. The Balaban J connectivity index is 1.42. The lowest BCUT2D eigenvalue weighted by atomic mass is 10.0. The molecule has 0 saturated carbocycles. The molecule has 0 unspecified atom stereocenters. The molecule has 0 bridgehead atoms. The number of ether oxygens (including phenoxy) is 2. The average molecular weight is 362 g/mol. The molecule has 1 amide bonds. The SMILES string of the molecule is COC(=O)c1ccccc1C(=O)N1CC(Oc2ccc3ccccc3n2)C1. The second-order valence-corrected chi connectivity index (χ2v) is 6.33. The molecular weight excluding hydrogens is 344 g/mol. The van der Waals surface area contributed by atoms with Crippen molar-refractivity contribution in [3.8, 4) is 5.88 Å². The lowest BCUT2D eigenvalue weighted by Gasteiger charge is -2.38. The van der Waals surface area contributed by atoms with Crippen molar-refractivity contribution < 1.29 is 19.1 Å². The third kappa shape index (κ3) is 3.33. The van der Waals surface area contributed by atoms with Crippen LogP contribution in [0.1, 0.15) is 20.7 Å². The molecule has 0 spiro atoms. The number of para-hydroxylation sites is 1. The van der Waals surface area contributed by atoms with Crippen molar-refractivity contribution in [2.24, 2.45) is 0 Å². The first-order valence-electron chi connectivity index (χ1n) is 8.65. The monoisotopic (exact) mass is 362 g/mol. The zero-order chi connectivity index (χ0) is 18.8. The average Bonchev–Trinajstić information content (AvgIpc) is 2.69. The molecule has 1 aromatic heterocycles. The van der Waals surface area contributed by atoms with Crippen LogP contribution < -0.4 is 4.74 Å². The third-order valence-corrected chi connectivity index (χ3v) is 4.56. The molecule has 0 aliphatic carbocycles. The first kappa shape index (κ1) is 17.0. The number of carbonyl (C=O) groups excluding carboxylic acids is 2. The highest BCUT2D eigenvalue weighted by atomic mass is 16.5. The molecule has 0 radical (unpaired) electrons. The number of carbonyl (C=O) groups is 2. The molecule has 0 N–H and O–H groups in total. The van der Waals surface area contributed by atoms with E-state index < -0.39 is 5.97 Å². The van der Waals surface area contributed by atoms with Crippen LogP contribution in [-0.2, 0) is 4.74 Å². The van der Waals surface area contributed by atoms with Crippen LogP contribution in [0.3, 0.4) is 0 Å². The summed E-state index contributed by atoms with van der Waals surface area (Å²) in [5.74, 6) is -0.185. The van der Waals surface area contributed by atoms with Crippen LogP contribution in [0, 0.1) is 0 Å². The smallest absolute Gasteiger partial charge is 0.338 e. The molecule has 3 aromatic rings. The molecule has 1 fully saturated rings. The maximum Gasteiger partial charge on any atom is 0.338 e. The van der Waals surface area contributed by atoms with Gasteiger partial charge in [0.2, 0.25) is 5.88 Å². The molecule has 2 heterocycles. The van der Waals surface area contributed by atoms with Crippen LogP contribution in [0.5, 0.6) is 5.88 Å². The quantitative estimate of drug-likeness (QED) is 0.668. The van der Waals surface area contributed by atoms with Crippen molar-refractivity contribution in [2.75, 3.05) is 20.2 Å². The maximum atomic E-state index is 12.7. The molecule has 6 heteroatoms. The topological polar surface area (TPSA) is 68.7 Å². The summed E-state index contributed by atoms with van der Waals surface area (Å²) in [5.41, 5.74) is 1.48. The van der Waals surface area contributed by atoms with Crippen molar-refractivity contribution in [2.45, 2.75) is 6.10 Å². The first-order chi connectivity index (χ1) is 13.2. The number of benzene rings is 2. The number of likely N-dealkylation sites (tertiary alicyclic amines) is 1. The number of rotatable bonds is 4. The van der Waals surface area contributed by atoms with Gasteiger partial charge in [-0.15, -0.1) is 0 Å². The second-order valence-electron chi connectivity index (χ2n) is 6.33. The van der Waals surface area contributed by atoms with Crippen LogP contribution >= 0.6 is 0 Å². The summed E-state index contributed by atoms with van der Waals surface area (Å²) in [6, 6.07) is 18.3. The standard InChI is InChI=1S/C21H18N2O4/c1-26-21(25)17-8-4-3-7-16(17)20(24)23-12-15(13-23)27-19-11-10-14-6-2-5-9-18(14)22-19/h2-11,15H,12-13H2,1H3. The van der Waals surface area contributed by atoms with Crippen molar-refractivity contribution in [1.29, 1.82) is 0 Å². The van der Waals surface area contributed by atoms with E-state index in [0.29, 0.717) is 24.5 Å². The predicted molar refractivity (Wildman–Crippen MR) is 99.8 cm³/mol. The van der Waals surface area contributed by atoms with E-state index in [4.69, 9.17) is 9.47 Å². The van der Waals surface area contributed by atoms with E-state index in [1.54, 1.807) is 29.2 Å². The predicted octanol–water partition coefficient (Wildman–Crippen LogP) is 2.92. The van der Waals surface area contributed by atoms with E-state index in [9.17, 15) is 9.59 Å². The molecular formula is C21H18N2O4. The summed E-state index contributed by atoms with van der Waals surface area (Å²) >= 11 is 0. The summed E-state index contributed by atoms with van der Waals surface area (Å²) in [6.07, 6.45) is -0.118. The van der Waals surface area contributed by atoms with Gasteiger partial charge in [0, 0.05) is 11.5 Å². The fourth-order valence-electron chi connectivity index (χ4n) is 3.09. The van der Waals surface area contributed by atoms with Gasteiger partial charge >= 0.3 is 5.97 Å². The van der Waals surface area contributed by atoms with Gasteiger partial charge in [0.1, 0.15) is 6.10 Å². The van der Waals surface area contributed by atoms with Crippen LogP contribution in [-0.4, -0.2) is 48.1 Å². The van der Waals surface area contributed by atoms with Crippen LogP contribution in [0.2, 0.25) is 0 Å². The molecule has 4 rings (SSSR count). The van der Waals surface area contributed by atoms with Crippen molar-refractivity contribution >= 4 is 22.8 Å². The lowest BCUT2D eigenvalue weighted by molar-refractivity contribution is 0.0159. The van der Waals surface area contributed by atoms with Crippen LogP contribution in [0.4, 0.5) is 0 Å². The Bertz CT molecular complexity index is 1010. The molecule has 27 heavy (non-hydrogen) atoms. The second kappa shape index (κ2) is 7.07. The van der Waals surface area contributed by atoms with Gasteiger partial charge in [0.15, 0.2) is 0 Å². The van der Waals surface area contributed by atoms with Gasteiger partial charge in [-0.1, -0.05) is 30.3 Å². The lowest BCUT2D eigenvalue weighted by Crippen LogP contribution is -2.56. The minimum absolute atomic E-state index is 0.118. The molecule has 0 atom stereocenters. The van der Waals surface area contributed by atoms with Gasteiger partial charge < -0.3 is 14.4 Å². The number of methoxy groups -OCH3 is 1. The zero-order valence-corrected chi connectivity index (χ0v) is 14.8. The van der Waals surface area contributed by atoms with E-state index in [-0.39, 0.29) is 17.6 Å². The Hall–Kier alpha value is -3.41. The van der Waals surface area contributed by atoms with Gasteiger partial charge in [-0.3, -0.25) is 4.79 Å². The number of esters is 1. The van der Waals surface area contributed by atoms with E-state index in [2.05, 4.69) is 4.98 Å². The molecule has 6 nitrogen and oxygen atoms in total. The Kier molecular flexibility index (Phi) is 4.46. The minimum Gasteiger partial charge on any atom is -0.471 e. The number of amides is 1. The number of pyridine rings is 1. The van der Waals surface area contributed by atoms with Gasteiger partial charge in [-0.2, -0.15) is 0 Å². The largest absolute Gasteiger partial charge is 0.471 e. The summed E-state index contributed by atoms with van der Waals surface area (Å²) in [5, 5.41) is 1.05. The van der Waals surface area contributed by atoms with Crippen molar-refractivity contribution in [3.05, 3.63) is 71.8 Å². The highest BCUT2D eigenvalue weighted by Crippen LogP contribution is 2.22. The molecule has 1 saturated heterocycles. The van der Waals surface area contributed by atoms with E-state index in [0.717, 1.165) is 10.9 Å². The number of hydrogen-bond acceptors (Lipinski definition) is 5. The van der Waals surface area contributed by atoms with Gasteiger partial charge in [-0.05, 0) is 24.3 Å². The fraction of sp³-hybridized carbons (Fsp3) is 0.190. The Labute approximate surface area is 156 Å². The molecule has 2 aromatic carbocycles. The number of fused-ring (bicyclic) bond motifs is 1. The summed E-state index contributed by atoms with van der Waals surface area (Å²) in [6.45, 7) is 0.895. The highest BCUT2D eigenvalue weighted by molar-refractivity contribution is 6.05. The normalized spacial score (nSPS) is 13.9. The Morgan fingerprint density at radius 3 is 2.44 bits per heavy atom. The number of aromatic nitrogens is 1. The van der Waals surface area contributed by atoms with E-state index in [1.165, 1.54) is 7.11 Å². The number of hydrogen-bond donors (Lipinski definition) is 0. The zero-order valence-electron chi connectivity index (χ0n) is 14.8. The summed E-state index contributed by atoms with van der Waals surface area (Å²) in [7, 11) is 1.30. The fourth-order valence-corrected chi connectivity index (χ4v) is 3.09. The molecule has 136 valence electrons. The minimum atomic E-state index is -0.521. The van der Waals surface area contributed by atoms with Crippen molar-refractivity contribution in [3.63, 3.8) is 0 Å². The van der Waals surface area contributed by atoms with Gasteiger partial charge in [0.05, 0.1) is 36.8 Å². The molecule has 1 aliphatic rings. The third-order valence-electron chi connectivity index (χ3n) is 4.56. The van der Waals surface area contributed by atoms with Gasteiger partial charge in [-0.25, -0.2) is 9.78 Å². The van der Waals surface area contributed by atoms with Gasteiger partial charge in [0.25, 0.3) is 5.91 Å². The maximum absolute atomic E-state index is 12.7.